The van der Waals surface area contributed by atoms with Crippen molar-refractivity contribution < 1.29 is 14.4 Å². The number of imide groups is 1. The van der Waals surface area contributed by atoms with Crippen molar-refractivity contribution in [2.75, 3.05) is 11.9 Å². The fraction of sp³-hybridized carbons (Fsp3) is 0.0476. The van der Waals surface area contributed by atoms with Crippen LogP contribution in [-0.4, -0.2) is 39.1 Å². The van der Waals surface area contributed by atoms with Crippen LogP contribution in [0.3, 0.4) is 0 Å². The van der Waals surface area contributed by atoms with E-state index < -0.39 is 17.7 Å². The van der Waals surface area contributed by atoms with Gasteiger partial charge in [0.15, 0.2) is 0 Å². The van der Waals surface area contributed by atoms with Crippen LogP contribution < -0.4 is 5.32 Å². The molecule has 0 saturated carbocycles. The van der Waals surface area contributed by atoms with Gasteiger partial charge in [0.2, 0.25) is 5.91 Å². The summed E-state index contributed by atoms with van der Waals surface area (Å²) >= 11 is 1.59. The number of benzene rings is 2. The second-order valence-electron chi connectivity index (χ2n) is 6.58. The zero-order valence-corrected chi connectivity index (χ0v) is 15.8. The Bertz CT molecular complexity index is 1240. The molecule has 29 heavy (non-hydrogen) atoms. The molecule has 5 rings (SSSR count). The summed E-state index contributed by atoms with van der Waals surface area (Å²) in [5.74, 6) is -0.586. The van der Waals surface area contributed by atoms with Crippen LogP contribution in [0.5, 0.6) is 0 Å². The van der Waals surface area contributed by atoms with Gasteiger partial charge in [-0.1, -0.05) is 18.2 Å². The van der Waals surface area contributed by atoms with Crippen molar-refractivity contribution in [3.8, 4) is 10.7 Å². The van der Waals surface area contributed by atoms with Gasteiger partial charge in [0.05, 0.1) is 27.0 Å². The molecule has 3 amide bonds. The van der Waals surface area contributed by atoms with Gasteiger partial charge in [0.25, 0.3) is 11.8 Å². The first-order valence-electron chi connectivity index (χ1n) is 8.89. The van der Waals surface area contributed by atoms with E-state index in [4.69, 9.17) is 0 Å². The highest BCUT2D eigenvalue weighted by Gasteiger charge is 2.36. The molecule has 142 valence electrons. The Balaban J connectivity index is 1.33. The number of aromatic amines is 1. The zero-order chi connectivity index (χ0) is 20.0. The van der Waals surface area contributed by atoms with Crippen LogP contribution in [0, 0.1) is 0 Å². The second-order valence-corrected chi connectivity index (χ2v) is 7.53. The van der Waals surface area contributed by atoms with Crippen molar-refractivity contribution in [1.82, 2.24) is 14.9 Å². The molecule has 8 heteroatoms. The Morgan fingerprint density at radius 3 is 2.48 bits per heavy atom. The molecule has 3 heterocycles. The van der Waals surface area contributed by atoms with Crippen LogP contribution in [0.1, 0.15) is 20.7 Å². The van der Waals surface area contributed by atoms with Crippen LogP contribution >= 0.6 is 11.3 Å². The van der Waals surface area contributed by atoms with E-state index in [-0.39, 0.29) is 6.54 Å². The summed E-state index contributed by atoms with van der Waals surface area (Å²) in [5.41, 5.74) is 2.77. The smallest absolute Gasteiger partial charge is 0.262 e. The van der Waals surface area contributed by atoms with E-state index in [1.165, 1.54) is 0 Å². The molecule has 4 aromatic rings. The lowest BCUT2D eigenvalue weighted by Gasteiger charge is -2.13. The number of thiophene rings is 1. The van der Waals surface area contributed by atoms with Crippen molar-refractivity contribution in [2.24, 2.45) is 0 Å². The molecule has 2 aromatic heterocycles. The van der Waals surface area contributed by atoms with Gasteiger partial charge in [-0.3, -0.25) is 19.3 Å². The number of hydrogen-bond donors (Lipinski definition) is 2. The SMILES string of the molecule is O=C(CN1C(=O)c2ccccc2C1=O)Nc1ccc2nc(-c3cccs3)[nH]c2c1. The average molecular weight is 402 g/mol. The van der Waals surface area contributed by atoms with Crippen molar-refractivity contribution in [2.45, 2.75) is 0 Å². The molecule has 0 atom stereocenters. The predicted octanol–water partition coefficient (Wildman–Crippen LogP) is 3.53. The summed E-state index contributed by atoms with van der Waals surface area (Å²) in [4.78, 5) is 47.0. The summed E-state index contributed by atoms with van der Waals surface area (Å²) in [7, 11) is 0. The third-order valence-electron chi connectivity index (χ3n) is 4.70. The summed E-state index contributed by atoms with van der Waals surface area (Å²) in [6.07, 6.45) is 0. The minimum atomic E-state index is -0.453. The maximum Gasteiger partial charge on any atom is 0.262 e. The third kappa shape index (κ3) is 2.99. The van der Waals surface area contributed by atoms with Gasteiger partial charge < -0.3 is 10.3 Å². The monoisotopic (exact) mass is 402 g/mol. The number of H-pyrrole nitrogens is 1. The van der Waals surface area contributed by atoms with Crippen LogP contribution in [0.25, 0.3) is 21.7 Å². The minimum absolute atomic E-state index is 0.324. The zero-order valence-electron chi connectivity index (χ0n) is 15.0. The number of amides is 3. The first-order chi connectivity index (χ1) is 14.1. The molecule has 2 aromatic carbocycles. The third-order valence-corrected chi connectivity index (χ3v) is 5.58. The van der Waals surface area contributed by atoms with Crippen LogP contribution in [-0.2, 0) is 4.79 Å². The van der Waals surface area contributed by atoms with Crippen LogP contribution in [0.15, 0.2) is 60.0 Å². The van der Waals surface area contributed by atoms with E-state index in [0.717, 1.165) is 26.6 Å². The number of nitrogens with zero attached hydrogens (tertiary/aromatic N) is 2. The molecule has 0 unspecified atom stereocenters. The molecule has 0 radical (unpaired) electrons. The molecule has 0 saturated heterocycles. The highest BCUT2D eigenvalue weighted by molar-refractivity contribution is 7.13. The number of anilines is 1. The summed E-state index contributed by atoms with van der Waals surface area (Å²) in [6, 6.07) is 15.8. The molecule has 0 fully saturated rings. The highest BCUT2D eigenvalue weighted by atomic mass is 32.1. The minimum Gasteiger partial charge on any atom is -0.337 e. The number of carbonyl (C=O) groups is 3. The fourth-order valence-corrected chi connectivity index (χ4v) is 4.01. The van der Waals surface area contributed by atoms with Gasteiger partial charge in [-0.2, -0.15) is 0 Å². The Labute approximate surface area is 169 Å². The Morgan fingerprint density at radius 1 is 1.03 bits per heavy atom. The fourth-order valence-electron chi connectivity index (χ4n) is 3.34. The van der Waals surface area contributed by atoms with Crippen molar-refractivity contribution in [3.05, 3.63) is 71.1 Å². The number of hydrogen-bond acceptors (Lipinski definition) is 5. The first-order valence-corrected chi connectivity index (χ1v) is 9.77. The Kier molecular flexibility index (Phi) is 3.99. The predicted molar refractivity (Wildman–Crippen MR) is 110 cm³/mol. The van der Waals surface area contributed by atoms with Crippen LogP contribution in [0.4, 0.5) is 5.69 Å². The van der Waals surface area contributed by atoms with Crippen molar-refractivity contribution in [1.29, 1.82) is 0 Å². The Morgan fingerprint density at radius 2 is 1.79 bits per heavy atom. The quantitative estimate of drug-likeness (QED) is 0.511. The maximum absolute atomic E-state index is 12.5. The van der Waals surface area contributed by atoms with Gasteiger partial charge in [0.1, 0.15) is 12.4 Å². The topological polar surface area (TPSA) is 95.2 Å². The number of imidazole rings is 1. The number of aromatic nitrogens is 2. The molecule has 1 aliphatic heterocycles. The number of rotatable bonds is 4. The number of nitrogens with one attached hydrogen (secondary N) is 2. The number of fused-ring (bicyclic) bond motifs is 2. The highest BCUT2D eigenvalue weighted by Crippen LogP contribution is 2.26. The lowest BCUT2D eigenvalue weighted by Crippen LogP contribution is -2.37. The van der Waals surface area contributed by atoms with Gasteiger partial charge in [0, 0.05) is 5.69 Å². The molecule has 1 aliphatic rings. The molecular weight excluding hydrogens is 388 g/mol. The van der Waals surface area contributed by atoms with E-state index in [0.29, 0.717) is 16.8 Å². The molecule has 0 spiro atoms. The lowest BCUT2D eigenvalue weighted by molar-refractivity contribution is -0.116. The maximum atomic E-state index is 12.5. The molecule has 0 bridgehead atoms. The van der Waals surface area contributed by atoms with E-state index in [2.05, 4.69) is 15.3 Å². The molecule has 0 aliphatic carbocycles. The van der Waals surface area contributed by atoms with Gasteiger partial charge >= 0.3 is 0 Å². The second kappa shape index (κ2) is 6.68. The normalized spacial score (nSPS) is 13.2. The van der Waals surface area contributed by atoms with E-state index >= 15 is 0 Å². The molecular formula is C21H14N4O3S. The summed E-state index contributed by atoms with van der Waals surface area (Å²) in [5, 5.41) is 4.72. The standard InChI is InChI=1S/C21H14N4O3S/c26-18(11-25-20(27)13-4-1-2-5-14(13)21(25)28)22-12-7-8-15-16(10-12)24-19(23-15)17-6-3-9-29-17/h1-10H,11H2,(H,22,26)(H,23,24). The van der Waals surface area contributed by atoms with Gasteiger partial charge in [-0.05, 0) is 41.8 Å². The van der Waals surface area contributed by atoms with Gasteiger partial charge in [-0.15, -0.1) is 11.3 Å². The van der Waals surface area contributed by atoms with E-state index in [9.17, 15) is 14.4 Å². The summed E-state index contributed by atoms with van der Waals surface area (Å²) in [6.45, 7) is -0.339. The molecule has 7 nitrogen and oxygen atoms in total. The first kappa shape index (κ1) is 17.3. The summed E-state index contributed by atoms with van der Waals surface area (Å²) < 4.78 is 0. The van der Waals surface area contributed by atoms with Crippen molar-refractivity contribution >= 4 is 45.8 Å². The van der Waals surface area contributed by atoms with Crippen LogP contribution in [0.2, 0.25) is 0 Å². The molecule has 2 N–H and O–H groups in total. The van der Waals surface area contributed by atoms with Gasteiger partial charge in [-0.25, -0.2) is 4.98 Å². The number of carbonyl (C=O) groups excluding carboxylic acids is 3. The average Bonchev–Trinajstić information content (AvgIpc) is 3.44. The van der Waals surface area contributed by atoms with E-state index in [1.807, 2.05) is 17.5 Å². The Hall–Kier alpha value is -3.78. The lowest BCUT2D eigenvalue weighted by atomic mass is 10.1. The van der Waals surface area contributed by atoms with E-state index in [1.54, 1.807) is 53.8 Å². The van der Waals surface area contributed by atoms with Crippen molar-refractivity contribution in [3.63, 3.8) is 0 Å². The largest absolute Gasteiger partial charge is 0.337 e.